The molecule has 4 heteroatoms. The van der Waals surface area contributed by atoms with Gasteiger partial charge in [0.1, 0.15) is 0 Å². The summed E-state index contributed by atoms with van der Waals surface area (Å²) in [6.07, 6.45) is 5.23. The molecule has 3 atom stereocenters. The molecule has 0 aromatic heterocycles. The zero-order valence-corrected chi connectivity index (χ0v) is 13.1. The molecule has 0 saturated carbocycles. The molecule has 0 amide bonds. The molecule has 2 aliphatic heterocycles. The fourth-order valence-electron chi connectivity index (χ4n) is 1.24. The third kappa shape index (κ3) is 8.30. The fraction of sp³-hybridized carbons (Fsp3) is 0.900. The number of hydrogen-bond acceptors (Lipinski definition) is 2. The molecule has 0 spiro atoms. The fourth-order valence-corrected chi connectivity index (χ4v) is 1.24. The molecular weight excluding hydrogens is 330 g/mol. The minimum absolute atomic E-state index is 0. The summed E-state index contributed by atoms with van der Waals surface area (Å²) in [7, 11) is 0. The first-order valence-electron chi connectivity index (χ1n) is 4.00. The summed E-state index contributed by atoms with van der Waals surface area (Å²) < 4.78 is 10.2. The molecule has 2 nitrogen and oxygen atoms in total. The first kappa shape index (κ1) is 21.4. The van der Waals surface area contributed by atoms with Gasteiger partial charge in [-0.3, -0.25) is 0 Å². The second-order valence-electron chi connectivity index (χ2n) is 3.12. The van der Waals surface area contributed by atoms with Gasteiger partial charge in [-0.05, 0) is 13.3 Å². The molecule has 0 aromatic rings. The van der Waals surface area contributed by atoms with Crippen molar-refractivity contribution in [1.29, 1.82) is 0 Å². The summed E-state index contributed by atoms with van der Waals surface area (Å²) in [5, 5.41) is 0. The van der Waals surface area contributed by atoms with Gasteiger partial charge in [-0.25, -0.2) is 0 Å². The van der Waals surface area contributed by atoms with Gasteiger partial charge in [-0.1, -0.05) is 33.8 Å². The van der Waals surface area contributed by atoms with E-state index in [0.717, 1.165) is 0 Å². The Balaban J connectivity index is -0.000000302. The van der Waals surface area contributed by atoms with Gasteiger partial charge in [0.2, 0.25) is 0 Å². The van der Waals surface area contributed by atoms with Crippen LogP contribution in [0.3, 0.4) is 0 Å². The molecule has 2 aliphatic rings. The van der Waals surface area contributed by atoms with E-state index in [4.69, 9.17) is 9.47 Å². The number of epoxide rings is 2. The van der Waals surface area contributed by atoms with E-state index >= 15 is 0 Å². The normalized spacial score (nSPS) is 31.1. The summed E-state index contributed by atoms with van der Waals surface area (Å²) in [4.78, 5) is 0. The third-order valence-corrected chi connectivity index (χ3v) is 2.14. The van der Waals surface area contributed by atoms with Gasteiger partial charge in [0.05, 0.1) is 12.2 Å². The van der Waals surface area contributed by atoms with Crippen molar-refractivity contribution >= 4 is 0 Å². The minimum atomic E-state index is 0. The molecule has 0 N–H and O–H groups in total. The Morgan fingerprint density at radius 3 is 2.00 bits per heavy atom. The molecule has 2 heterocycles. The Kier molecular flexibility index (Phi) is 15.7. The van der Waals surface area contributed by atoms with Gasteiger partial charge in [-0.2, -0.15) is 6.61 Å². The topological polar surface area (TPSA) is 25.1 Å². The molecule has 14 heavy (non-hydrogen) atoms. The molecule has 2 radical (unpaired) electrons. The Morgan fingerprint density at radius 2 is 1.64 bits per heavy atom. The molecule has 3 unspecified atom stereocenters. The predicted octanol–water partition coefficient (Wildman–Crippen LogP) is 2.77. The first-order chi connectivity index (χ1) is 4.86. The van der Waals surface area contributed by atoms with Crippen LogP contribution in [0.5, 0.6) is 0 Å². The zero-order valence-electron chi connectivity index (χ0n) is 7.40. The maximum Gasteiger partial charge on any atom is 0.0839 e. The Morgan fingerprint density at radius 1 is 1.14 bits per heavy atom. The van der Waals surface area contributed by atoms with Crippen molar-refractivity contribution in [2.75, 3.05) is 0 Å². The summed E-state index contributed by atoms with van der Waals surface area (Å²) in [5.41, 5.74) is 0. The second kappa shape index (κ2) is 10.3. The van der Waals surface area contributed by atoms with Crippen LogP contribution in [-0.2, 0) is 74.9 Å². The van der Waals surface area contributed by atoms with Gasteiger partial charge in [-0.15, -0.1) is 0 Å². The monoisotopic (exact) mass is 351 g/mol. The van der Waals surface area contributed by atoms with Crippen LogP contribution in [0.25, 0.3) is 0 Å². The average molecular weight is 351 g/mol. The van der Waals surface area contributed by atoms with Crippen molar-refractivity contribution < 1.29 is 74.9 Å². The van der Waals surface area contributed by atoms with Crippen LogP contribution in [0.1, 0.15) is 41.0 Å². The molecular formula is C10H21O2Y2-. The van der Waals surface area contributed by atoms with E-state index in [0.29, 0.717) is 18.3 Å². The van der Waals surface area contributed by atoms with E-state index < -0.39 is 0 Å². The standard InChI is InChI=1S/C8H13O2.2CH4.2Y/c1-6-8(10-6)4-2-3-7-5-9-7;;;;/h5-8H,2-4H2,1H3;2*1H4;;/q-1;;;;. The van der Waals surface area contributed by atoms with Crippen LogP contribution in [0, 0.1) is 6.61 Å². The Hall–Kier alpha value is 2.13. The van der Waals surface area contributed by atoms with Gasteiger partial charge in [0.15, 0.2) is 0 Å². The molecule has 2 saturated heterocycles. The van der Waals surface area contributed by atoms with Crippen molar-refractivity contribution in [3.63, 3.8) is 0 Å². The van der Waals surface area contributed by atoms with E-state index in [1.165, 1.54) is 19.3 Å². The molecule has 0 aromatic carbocycles. The Bertz CT molecular complexity index is 129. The van der Waals surface area contributed by atoms with Crippen LogP contribution in [0.15, 0.2) is 0 Å². The van der Waals surface area contributed by atoms with E-state index in [1.54, 1.807) is 0 Å². The molecule has 80 valence electrons. The smallest absolute Gasteiger partial charge is 0.0839 e. The van der Waals surface area contributed by atoms with Gasteiger partial charge < -0.3 is 9.47 Å². The summed E-state index contributed by atoms with van der Waals surface area (Å²) in [6.45, 7) is 4.03. The second-order valence-corrected chi connectivity index (χ2v) is 3.12. The van der Waals surface area contributed by atoms with Gasteiger partial charge >= 0.3 is 0 Å². The van der Waals surface area contributed by atoms with Crippen LogP contribution in [0.2, 0.25) is 0 Å². The van der Waals surface area contributed by atoms with Crippen molar-refractivity contribution in [2.24, 2.45) is 0 Å². The third-order valence-electron chi connectivity index (χ3n) is 2.14. The van der Waals surface area contributed by atoms with Crippen LogP contribution < -0.4 is 0 Å². The van der Waals surface area contributed by atoms with Crippen molar-refractivity contribution in [3.8, 4) is 0 Å². The first-order valence-corrected chi connectivity index (χ1v) is 4.00. The molecule has 2 fully saturated rings. The van der Waals surface area contributed by atoms with E-state index in [2.05, 4.69) is 6.92 Å². The van der Waals surface area contributed by atoms with Crippen molar-refractivity contribution in [1.82, 2.24) is 0 Å². The van der Waals surface area contributed by atoms with Crippen molar-refractivity contribution in [3.05, 3.63) is 6.61 Å². The SMILES string of the molecule is C.C.CC1OC1CCCC1[CH-]O1.[Y].[Y]. The maximum atomic E-state index is 5.27. The predicted molar refractivity (Wildman–Crippen MR) is 50.8 cm³/mol. The number of rotatable bonds is 4. The number of ether oxygens (including phenoxy) is 2. The van der Waals surface area contributed by atoms with Crippen molar-refractivity contribution in [2.45, 2.75) is 59.4 Å². The summed E-state index contributed by atoms with van der Waals surface area (Å²) >= 11 is 0. The average Bonchev–Trinajstić information content (AvgIpc) is 2.73. The zero-order chi connectivity index (χ0) is 6.97. The largest absolute Gasteiger partial charge is 0.570 e. The minimum Gasteiger partial charge on any atom is -0.570 e. The Labute approximate surface area is 139 Å². The molecule has 0 aliphatic carbocycles. The van der Waals surface area contributed by atoms with Gasteiger partial charge in [0.25, 0.3) is 0 Å². The van der Waals surface area contributed by atoms with Crippen LogP contribution in [-0.4, -0.2) is 18.3 Å². The van der Waals surface area contributed by atoms with Crippen LogP contribution >= 0.6 is 0 Å². The van der Waals surface area contributed by atoms with Crippen LogP contribution in [0.4, 0.5) is 0 Å². The number of hydrogen-bond donors (Lipinski definition) is 0. The summed E-state index contributed by atoms with van der Waals surface area (Å²) in [5.74, 6) is 0. The van der Waals surface area contributed by atoms with E-state index in [-0.39, 0.29) is 80.3 Å². The van der Waals surface area contributed by atoms with E-state index in [9.17, 15) is 0 Å². The molecule has 2 rings (SSSR count). The summed E-state index contributed by atoms with van der Waals surface area (Å²) in [6, 6.07) is 0. The van der Waals surface area contributed by atoms with E-state index in [1.807, 2.05) is 6.61 Å². The quantitative estimate of drug-likeness (QED) is 0.575. The maximum absolute atomic E-state index is 5.27. The molecule has 0 bridgehead atoms. The van der Waals surface area contributed by atoms with Gasteiger partial charge in [0, 0.05) is 65.4 Å².